The second kappa shape index (κ2) is 10.9. The van der Waals surface area contributed by atoms with E-state index in [1.807, 2.05) is 19.9 Å². The van der Waals surface area contributed by atoms with Crippen molar-refractivity contribution in [3.63, 3.8) is 0 Å². The Morgan fingerprint density at radius 3 is 2.86 bits per heavy atom. The molecule has 1 aromatic carbocycles. The molecule has 2 atom stereocenters. The Bertz CT molecular complexity index is 667. The van der Waals surface area contributed by atoms with Crippen molar-refractivity contribution in [1.29, 1.82) is 0 Å². The second-order valence-electron chi connectivity index (χ2n) is 7.53. The molecule has 1 saturated heterocycles. The van der Waals surface area contributed by atoms with Crippen LogP contribution in [0.15, 0.2) is 23.2 Å². The third-order valence-corrected chi connectivity index (χ3v) is 6.17. The molecule has 1 aliphatic heterocycles. The van der Waals surface area contributed by atoms with Crippen LogP contribution in [0.1, 0.15) is 44.7 Å². The van der Waals surface area contributed by atoms with E-state index in [1.54, 1.807) is 17.8 Å². The number of aliphatic imine (C=N–C) groups is 1. The Hall–Kier alpha value is -0.740. The number of rotatable bonds is 8. The summed E-state index contributed by atoms with van der Waals surface area (Å²) >= 11 is 1.76. The number of hydrogen-bond donors (Lipinski definition) is 3. The molecule has 3 rings (SSSR count). The fourth-order valence-electron chi connectivity index (χ4n) is 2.95. The molecule has 0 spiro atoms. The molecule has 5 nitrogen and oxygen atoms in total. The van der Waals surface area contributed by atoms with Gasteiger partial charge in [-0.25, -0.2) is 4.39 Å². The smallest absolute Gasteiger partial charge is 0.191 e. The highest BCUT2D eigenvalue weighted by Gasteiger charge is 2.31. The van der Waals surface area contributed by atoms with E-state index in [4.69, 9.17) is 4.74 Å². The summed E-state index contributed by atoms with van der Waals surface area (Å²) in [7, 11) is 0. The summed E-state index contributed by atoms with van der Waals surface area (Å²) in [5.74, 6) is 2.90. The lowest BCUT2D eigenvalue weighted by Crippen LogP contribution is -2.41. The maximum absolute atomic E-state index is 14.3. The van der Waals surface area contributed by atoms with Crippen molar-refractivity contribution >= 4 is 41.7 Å². The first-order chi connectivity index (χ1) is 13.0. The summed E-state index contributed by atoms with van der Waals surface area (Å²) in [6, 6.07) is 4.98. The topological polar surface area (TPSA) is 65.9 Å². The number of guanidine groups is 1. The van der Waals surface area contributed by atoms with Crippen LogP contribution in [0.25, 0.3) is 0 Å². The molecule has 1 aromatic rings. The van der Waals surface area contributed by atoms with Gasteiger partial charge in [-0.3, -0.25) is 4.99 Å². The largest absolute Gasteiger partial charge is 0.490 e. The Morgan fingerprint density at radius 2 is 2.25 bits per heavy atom. The van der Waals surface area contributed by atoms with Gasteiger partial charge in [0.1, 0.15) is 0 Å². The van der Waals surface area contributed by atoms with Crippen molar-refractivity contribution in [1.82, 2.24) is 10.6 Å². The van der Waals surface area contributed by atoms with Crippen LogP contribution in [-0.2, 0) is 0 Å². The lowest BCUT2D eigenvalue weighted by Gasteiger charge is -2.22. The van der Waals surface area contributed by atoms with Crippen molar-refractivity contribution in [2.24, 2.45) is 10.9 Å². The van der Waals surface area contributed by atoms with E-state index in [9.17, 15) is 9.50 Å². The van der Waals surface area contributed by atoms with Gasteiger partial charge in [0.25, 0.3) is 0 Å². The molecular weight excluding hydrogens is 492 g/mol. The lowest BCUT2D eigenvalue weighted by atomic mass is 10.0. The fourth-order valence-corrected chi connectivity index (χ4v) is 4.24. The summed E-state index contributed by atoms with van der Waals surface area (Å²) in [4.78, 5) is 4.54. The predicted octanol–water partition coefficient (Wildman–Crippen LogP) is 3.72. The van der Waals surface area contributed by atoms with Crippen LogP contribution in [0, 0.1) is 11.7 Å². The Kier molecular flexibility index (Phi) is 9.14. The van der Waals surface area contributed by atoms with E-state index < -0.39 is 5.60 Å². The maximum Gasteiger partial charge on any atom is 0.191 e. The third-order valence-electron chi connectivity index (χ3n) is 4.94. The van der Waals surface area contributed by atoms with E-state index in [0.29, 0.717) is 37.3 Å². The Balaban J connectivity index is 0.00000280. The molecule has 2 aliphatic rings. The van der Waals surface area contributed by atoms with Crippen molar-refractivity contribution in [3.05, 3.63) is 29.6 Å². The van der Waals surface area contributed by atoms with Crippen LogP contribution >= 0.6 is 35.7 Å². The summed E-state index contributed by atoms with van der Waals surface area (Å²) in [5, 5.41) is 17.0. The third kappa shape index (κ3) is 6.95. The molecule has 2 unspecified atom stereocenters. The number of aliphatic hydroxyl groups is 1. The van der Waals surface area contributed by atoms with Gasteiger partial charge in [-0.1, -0.05) is 6.07 Å². The van der Waals surface area contributed by atoms with Gasteiger partial charge in [0.2, 0.25) is 0 Å². The number of hydrogen-bond acceptors (Lipinski definition) is 4. The van der Waals surface area contributed by atoms with Gasteiger partial charge < -0.3 is 20.5 Å². The standard InChI is InChI=1S/C20H30FN3O2S.HI/c1-3-22-19(23-12-20(25)8-9-27-13-20)24-14(2)16-6-7-18(17(21)10-16)26-11-15-4-5-15;/h6-7,10,14-15,25H,3-5,8-9,11-13H2,1-2H3,(H2,22,23,24);1H. The van der Waals surface area contributed by atoms with E-state index in [2.05, 4.69) is 15.6 Å². The monoisotopic (exact) mass is 523 g/mol. The number of nitrogens with one attached hydrogen (secondary N) is 2. The predicted molar refractivity (Wildman–Crippen MR) is 124 cm³/mol. The van der Waals surface area contributed by atoms with E-state index in [0.717, 1.165) is 23.5 Å². The molecule has 0 radical (unpaired) electrons. The molecule has 8 heteroatoms. The second-order valence-corrected chi connectivity index (χ2v) is 8.64. The molecule has 1 aliphatic carbocycles. The normalized spacial score (nSPS) is 23.1. The van der Waals surface area contributed by atoms with E-state index in [1.165, 1.54) is 18.9 Å². The molecule has 3 N–H and O–H groups in total. The van der Waals surface area contributed by atoms with Gasteiger partial charge in [0, 0.05) is 12.3 Å². The fraction of sp³-hybridized carbons (Fsp3) is 0.650. The zero-order valence-corrected chi connectivity index (χ0v) is 19.7. The number of halogens is 2. The summed E-state index contributed by atoms with van der Waals surface area (Å²) < 4.78 is 19.9. The minimum absolute atomic E-state index is 0. The van der Waals surface area contributed by atoms with Crippen molar-refractivity contribution in [2.75, 3.05) is 31.2 Å². The van der Waals surface area contributed by atoms with Gasteiger partial charge in [0.15, 0.2) is 17.5 Å². The van der Waals surface area contributed by atoms with Crippen LogP contribution in [0.5, 0.6) is 5.75 Å². The highest BCUT2D eigenvalue weighted by molar-refractivity contribution is 14.0. The first-order valence-electron chi connectivity index (χ1n) is 9.76. The number of nitrogens with zero attached hydrogens (tertiary/aromatic N) is 1. The summed E-state index contributed by atoms with van der Waals surface area (Å²) in [6.07, 6.45) is 3.13. The van der Waals surface area contributed by atoms with Crippen LogP contribution in [0.3, 0.4) is 0 Å². The van der Waals surface area contributed by atoms with Crippen LogP contribution in [-0.4, -0.2) is 47.9 Å². The number of benzene rings is 1. The Morgan fingerprint density at radius 1 is 1.46 bits per heavy atom. The van der Waals surface area contributed by atoms with Gasteiger partial charge in [-0.2, -0.15) is 11.8 Å². The first kappa shape index (κ1) is 23.5. The van der Waals surface area contributed by atoms with Crippen LogP contribution in [0.4, 0.5) is 4.39 Å². The van der Waals surface area contributed by atoms with Crippen molar-refractivity contribution in [3.8, 4) is 5.75 Å². The molecule has 28 heavy (non-hydrogen) atoms. The average molecular weight is 523 g/mol. The van der Waals surface area contributed by atoms with E-state index >= 15 is 0 Å². The van der Waals surface area contributed by atoms with Gasteiger partial charge in [-0.15, -0.1) is 24.0 Å². The van der Waals surface area contributed by atoms with Crippen LogP contribution < -0.4 is 15.4 Å². The van der Waals surface area contributed by atoms with Crippen LogP contribution in [0.2, 0.25) is 0 Å². The molecular formula is C20H31FIN3O2S. The van der Waals surface area contributed by atoms with E-state index in [-0.39, 0.29) is 35.8 Å². The zero-order valence-electron chi connectivity index (χ0n) is 16.5. The highest BCUT2D eigenvalue weighted by Crippen LogP contribution is 2.31. The molecule has 0 amide bonds. The SMILES string of the molecule is CCNC(=NCC1(O)CCSC1)NC(C)c1ccc(OCC2CC2)c(F)c1.I. The molecule has 1 heterocycles. The molecule has 158 valence electrons. The summed E-state index contributed by atoms with van der Waals surface area (Å²) in [5.41, 5.74) is 0.107. The number of thioether (sulfide) groups is 1. The first-order valence-corrected chi connectivity index (χ1v) is 10.9. The van der Waals surface area contributed by atoms with Crippen molar-refractivity contribution in [2.45, 2.75) is 44.8 Å². The molecule has 1 saturated carbocycles. The minimum atomic E-state index is -0.719. The number of ether oxygens (including phenoxy) is 1. The summed E-state index contributed by atoms with van der Waals surface area (Å²) in [6.45, 7) is 5.64. The lowest BCUT2D eigenvalue weighted by molar-refractivity contribution is 0.0778. The van der Waals surface area contributed by atoms with Gasteiger partial charge in [-0.05, 0) is 62.5 Å². The highest BCUT2D eigenvalue weighted by atomic mass is 127. The van der Waals surface area contributed by atoms with Gasteiger partial charge in [0.05, 0.1) is 24.8 Å². The molecule has 0 aromatic heterocycles. The van der Waals surface area contributed by atoms with Crippen molar-refractivity contribution < 1.29 is 14.2 Å². The quantitative estimate of drug-likeness (QED) is 0.276. The van der Waals surface area contributed by atoms with Gasteiger partial charge >= 0.3 is 0 Å². The Labute approximate surface area is 188 Å². The molecule has 0 bridgehead atoms. The zero-order chi connectivity index (χ0) is 19.3. The molecule has 2 fully saturated rings. The minimum Gasteiger partial charge on any atom is -0.490 e. The maximum atomic E-state index is 14.3. The average Bonchev–Trinajstić information content (AvgIpc) is 3.38.